The highest BCUT2D eigenvalue weighted by atomic mass is 79.9. The molecule has 1 aliphatic heterocycles. The number of carbonyl (C=O) groups is 2. The monoisotopic (exact) mass is 364 g/mol. The van der Waals surface area contributed by atoms with E-state index in [2.05, 4.69) is 21.2 Å². The number of carboxylic acids is 1. The molecule has 114 valence electrons. The molecule has 2 N–H and O–H groups in total. The average molecular weight is 365 g/mol. The van der Waals surface area contributed by atoms with Crippen LogP contribution in [-0.2, 0) is 9.53 Å². The van der Waals surface area contributed by atoms with Crippen LogP contribution in [0.15, 0.2) is 16.6 Å². The second-order valence-electron chi connectivity index (χ2n) is 4.30. The Balaban J connectivity index is 2.17. The third-order valence-electron chi connectivity index (χ3n) is 2.93. The van der Waals surface area contributed by atoms with Crippen LogP contribution in [-0.4, -0.2) is 47.8 Å². The molecular weight excluding hydrogens is 354 g/mol. The molecule has 0 aliphatic carbocycles. The van der Waals surface area contributed by atoms with E-state index < -0.39 is 29.7 Å². The highest BCUT2D eigenvalue weighted by Gasteiger charge is 2.33. The van der Waals surface area contributed by atoms with Crippen LogP contribution in [0.1, 0.15) is 0 Å². The first-order valence-electron chi connectivity index (χ1n) is 5.93. The van der Waals surface area contributed by atoms with E-state index in [9.17, 15) is 18.4 Å². The molecule has 1 heterocycles. The van der Waals surface area contributed by atoms with E-state index in [0.29, 0.717) is 6.07 Å². The smallest absolute Gasteiger partial charge is 0.328 e. The van der Waals surface area contributed by atoms with Crippen LogP contribution in [0.3, 0.4) is 0 Å². The summed E-state index contributed by atoms with van der Waals surface area (Å²) in [6.45, 7) is 0.109. The van der Waals surface area contributed by atoms with Gasteiger partial charge < -0.3 is 20.1 Å². The Bertz CT molecular complexity index is 585. The normalized spacial score (nSPS) is 18.4. The number of aliphatic carboxylic acids is 1. The van der Waals surface area contributed by atoms with Crippen LogP contribution in [0.4, 0.5) is 19.3 Å². The van der Waals surface area contributed by atoms with Crippen molar-refractivity contribution in [1.29, 1.82) is 0 Å². The van der Waals surface area contributed by atoms with Crippen LogP contribution in [0.5, 0.6) is 0 Å². The van der Waals surface area contributed by atoms with Gasteiger partial charge in [-0.25, -0.2) is 18.4 Å². The largest absolute Gasteiger partial charge is 0.480 e. The third-order valence-corrected chi connectivity index (χ3v) is 3.53. The lowest BCUT2D eigenvalue weighted by molar-refractivity contribution is -0.147. The van der Waals surface area contributed by atoms with E-state index in [4.69, 9.17) is 9.84 Å². The van der Waals surface area contributed by atoms with E-state index in [1.165, 1.54) is 0 Å². The zero-order valence-corrected chi connectivity index (χ0v) is 12.2. The number of urea groups is 1. The number of hydrogen-bond donors (Lipinski definition) is 2. The number of halogens is 3. The third kappa shape index (κ3) is 3.48. The second-order valence-corrected chi connectivity index (χ2v) is 5.15. The highest BCUT2D eigenvalue weighted by molar-refractivity contribution is 9.10. The average Bonchev–Trinajstić information content (AvgIpc) is 2.44. The fourth-order valence-corrected chi connectivity index (χ4v) is 2.20. The van der Waals surface area contributed by atoms with Crippen molar-refractivity contribution in [3.63, 3.8) is 0 Å². The predicted octanol–water partition coefficient (Wildman–Crippen LogP) is 2.04. The summed E-state index contributed by atoms with van der Waals surface area (Å²) in [6.07, 6.45) is 0. The number of carbonyl (C=O) groups excluding carboxylic acids is 1. The van der Waals surface area contributed by atoms with E-state index in [-0.39, 0.29) is 29.9 Å². The van der Waals surface area contributed by atoms with Crippen LogP contribution in [0.25, 0.3) is 0 Å². The van der Waals surface area contributed by atoms with Crippen LogP contribution >= 0.6 is 15.9 Å². The number of carboxylic acid groups (broad SMARTS) is 1. The molecule has 1 aromatic carbocycles. The standard InChI is InChI=1S/C12H11BrF2N2O4/c13-6-3-9(8(15)4-7(6)14)16-12(20)17-1-2-21-5-10(17)11(18)19/h3-4,10H,1-2,5H2,(H,16,20)(H,18,19). The summed E-state index contributed by atoms with van der Waals surface area (Å²) in [6, 6.07) is -0.249. The lowest BCUT2D eigenvalue weighted by Gasteiger charge is -2.32. The Morgan fingerprint density at radius 3 is 2.76 bits per heavy atom. The molecule has 0 spiro atoms. The molecule has 6 nitrogen and oxygen atoms in total. The molecule has 1 fully saturated rings. The molecule has 2 amide bonds. The molecule has 1 atom stereocenters. The van der Waals surface area contributed by atoms with Gasteiger partial charge in [0.2, 0.25) is 0 Å². The van der Waals surface area contributed by atoms with E-state index in [1.807, 2.05) is 0 Å². The van der Waals surface area contributed by atoms with Crippen molar-refractivity contribution in [2.75, 3.05) is 25.1 Å². The number of anilines is 1. The number of nitrogens with zero attached hydrogens (tertiary/aromatic N) is 1. The summed E-state index contributed by atoms with van der Waals surface area (Å²) in [5.74, 6) is -2.98. The summed E-state index contributed by atoms with van der Waals surface area (Å²) in [5.41, 5.74) is -0.246. The van der Waals surface area contributed by atoms with Gasteiger partial charge in [0.25, 0.3) is 0 Å². The minimum Gasteiger partial charge on any atom is -0.480 e. The summed E-state index contributed by atoms with van der Waals surface area (Å²) in [7, 11) is 0. The maximum atomic E-state index is 13.6. The zero-order valence-electron chi connectivity index (χ0n) is 10.6. The number of morpholine rings is 1. The molecular formula is C12H11BrF2N2O4. The van der Waals surface area contributed by atoms with Crippen LogP contribution in [0.2, 0.25) is 0 Å². The van der Waals surface area contributed by atoms with Gasteiger partial charge >= 0.3 is 12.0 Å². The van der Waals surface area contributed by atoms with Gasteiger partial charge in [-0.05, 0) is 22.0 Å². The number of benzene rings is 1. The van der Waals surface area contributed by atoms with Crippen molar-refractivity contribution in [1.82, 2.24) is 4.90 Å². The van der Waals surface area contributed by atoms with Crippen molar-refractivity contribution in [2.45, 2.75) is 6.04 Å². The molecule has 9 heteroatoms. The molecule has 2 rings (SSSR count). The first kappa shape index (κ1) is 15.6. The SMILES string of the molecule is O=C(O)C1COCCN1C(=O)Nc1cc(Br)c(F)cc1F. The van der Waals surface area contributed by atoms with Crippen LogP contribution < -0.4 is 5.32 Å². The number of rotatable bonds is 2. The first-order chi connectivity index (χ1) is 9.90. The van der Waals surface area contributed by atoms with E-state index >= 15 is 0 Å². The molecule has 0 saturated carbocycles. The molecule has 21 heavy (non-hydrogen) atoms. The van der Waals surface area contributed by atoms with Crippen molar-refractivity contribution < 1.29 is 28.2 Å². The Morgan fingerprint density at radius 1 is 1.38 bits per heavy atom. The van der Waals surface area contributed by atoms with Gasteiger partial charge in [-0.3, -0.25) is 0 Å². The number of nitrogens with one attached hydrogen (secondary N) is 1. The van der Waals surface area contributed by atoms with E-state index in [0.717, 1.165) is 11.0 Å². The summed E-state index contributed by atoms with van der Waals surface area (Å²) in [4.78, 5) is 24.1. The Morgan fingerprint density at radius 2 is 2.10 bits per heavy atom. The summed E-state index contributed by atoms with van der Waals surface area (Å²) < 4.78 is 31.7. The van der Waals surface area contributed by atoms with Gasteiger partial charge in [0.05, 0.1) is 23.4 Å². The summed E-state index contributed by atoms with van der Waals surface area (Å²) in [5, 5.41) is 11.3. The molecule has 1 saturated heterocycles. The maximum Gasteiger partial charge on any atom is 0.328 e. The number of hydrogen-bond acceptors (Lipinski definition) is 3. The fourth-order valence-electron chi connectivity index (χ4n) is 1.86. The lowest BCUT2D eigenvalue weighted by Crippen LogP contribution is -2.54. The quantitative estimate of drug-likeness (QED) is 0.787. The van der Waals surface area contributed by atoms with Gasteiger partial charge in [-0.2, -0.15) is 0 Å². The molecule has 0 bridgehead atoms. The van der Waals surface area contributed by atoms with E-state index in [1.54, 1.807) is 0 Å². The molecule has 1 unspecified atom stereocenters. The van der Waals surface area contributed by atoms with Gasteiger partial charge in [-0.1, -0.05) is 0 Å². The Hall–Kier alpha value is -1.74. The fraction of sp³-hybridized carbons (Fsp3) is 0.333. The first-order valence-corrected chi connectivity index (χ1v) is 6.72. The predicted molar refractivity (Wildman–Crippen MR) is 72.0 cm³/mol. The minimum absolute atomic E-state index is 0.0176. The topological polar surface area (TPSA) is 78.9 Å². The molecule has 0 aromatic heterocycles. The Kier molecular flexibility index (Phi) is 4.73. The Labute approximate surface area is 126 Å². The van der Waals surface area contributed by atoms with Crippen LogP contribution in [0, 0.1) is 11.6 Å². The van der Waals surface area contributed by atoms with Crippen molar-refractivity contribution >= 4 is 33.6 Å². The molecule has 1 aliphatic rings. The maximum absolute atomic E-state index is 13.6. The summed E-state index contributed by atoms with van der Waals surface area (Å²) >= 11 is 2.88. The number of amides is 2. The van der Waals surface area contributed by atoms with Gasteiger partial charge in [0.15, 0.2) is 6.04 Å². The second kappa shape index (κ2) is 6.35. The zero-order chi connectivity index (χ0) is 15.6. The van der Waals surface area contributed by atoms with Crippen molar-refractivity contribution in [3.8, 4) is 0 Å². The van der Waals surface area contributed by atoms with Crippen molar-refractivity contribution in [2.24, 2.45) is 0 Å². The van der Waals surface area contributed by atoms with Gasteiger partial charge in [0.1, 0.15) is 11.6 Å². The minimum atomic E-state index is -1.22. The van der Waals surface area contributed by atoms with Gasteiger partial charge in [0, 0.05) is 12.6 Å². The molecule has 0 radical (unpaired) electrons. The van der Waals surface area contributed by atoms with Crippen molar-refractivity contribution in [3.05, 3.63) is 28.2 Å². The number of ether oxygens (including phenoxy) is 1. The molecule has 1 aromatic rings. The highest BCUT2D eigenvalue weighted by Crippen LogP contribution is 2.24. The lowest BCUT2D eigenvalue weighted by atomic mass is 10.2. The van der Waals surface area contributed by atoms with Gasteiger partial charge in [-0.15, -0.1) is 0 Å².